The van der Waals surface area contributed by atoms with Crippen molar-refractivity contribution < 1.29 is 19.4 Å². The number of amides is 1. The van der Waals surface area contributed by atoms with E-state index in [-0.39, 0.29) is 11.3 Å². The van der Waals surface area contributed by atoms with Crippen molar-refractivity contribution >= 4 is 44.1 Å². The summed E-state index contributed by atoms with van der Waals surface area (Å²) in [6, 6.07) is 19.4. The summed E-state index contributed by atoms with van der Waals surface area (Å²) in [6.45, 7) is 3.91. The number of aliphatic hydroxyl groups excluding tert-OH is 1. The van der Waals surface area contributed by atoms with E-state index < -0.39 is 17.7 Å². The van der Waals surface area contributed by atoms with E-state index in [4.69, 9.17) is 4.74 Å². The summed E-state index contributed by atoms with van der Waals surface area (Å²) in [5.74, 6) is -0.973. The highest BCUT2D eigenvalue weighted by atomic mass is 32.1. The first-order chi connectivity index (χ1) is 16.4. The lowest BCUT2D eigenvalue weighted by molar-refractivity contribution is -0.132. The average Bonchev–Trinajstić information content (AvgIpc) is 3.37. The maximum atomic E-state index is 13.3. The first-order valence-electron chi connectivity index (χ1n) is 10.8. The Bertz CT molecular complexity index is 1450. The van der Waals surface area contributed by atoms with Gasteiger partial charge in [0, 0.05) is 5.56 Å². The van der Waals surface area contributed by atoms with Gasteiger partial charge >= 0.3 is 5.91 Å². The number of fused-ring (bicyclic) bond motifs is 1. The van der Waals surface area contributed by atoms with Gasteiger partial charge in [0.2, 0.25) is 0 Å². The highest BCUT2D eigenvalue weighted by molar-refractivity contribution is 7.22. The van der Waals surface area contributed by atoms with Crippen molar-refractivity contribution in [1.29, 1.82) is 0 Å². The molecule has 170 valence electrons. The molecule has 1 N–H and O–H groups in total. The molecule has 1 unspecified atom stereocenters. The molecule has 6 nitrogen and oxygen atoms in total. The van der Waals surface area contributed by atoms with Crippen molar-refractivity contribution in [3.63, 3.8) is 0 Å². The number of nitrogens with zero attached hydrogens (tertiary/aromatic N) is 2. The van der Waals surface area contributed by atoms with E-state index in [0.29, 0.717) is 22.0 Å². The van der Waals surface area contributed by atoms with Crippen LogP contribution in [0.25, 0.3) is 16.0 Å². The highest BCUT2D eigenvalue weighted by Crippen LogP contribution is 2.44. The third-order valence-electron chi connectivity index (χ3n) is 5.95. The van der Waals surface area contributed by atoms with Crippen LogP contribution in [-0.4, -0.2) is 28.9 Å². The van der Waals surface area contributed by atoms with E-state index in [1.807, 2.05) is 62.4 Å². The van der Waals surface area contributed by atoms with Crippen LogP contribution in [0.1, 0.15) is 28.3 Å². The lowest BCUT2D eigenvalue weighted by Gasteiger charge is -2.23. The van der Waals surface area contributed by atoms with Crippen molar-refractivity contribution in [3.8, 4) is 5.75 Å². The molecular weight excluding hydrogens is 448 g/mol. The first-order valence-corrected chi connectivity index (χ1v) is 11.6. The first kappa shape index (κ1) is 21.9. The molecule has 4 aromatic rings. The van der Waals surface area contributed by atoms with Crippen LogP contribution in [0.4, 0.5) is 5.13 Å². The van der Waals surface area contributed by atoms with Gasteiger partial charge < -0.3 is 9.84 Å². The Hall–Kier alpha value is -3.97. The molecule has 2 heterocycles. The van der Waals surface area contributed by atoms with Crippen molar-refractivity contribution in [2.24, 2.45) is 0 Å². The number of hydrogen-bond acceptors (Lipinski definition) is 6. The van der Waals surface area contributed by atoms with E-state index >= 15 is 0 Å². The Morgan fingerprint density at radius 1 is 0.971 bits per heavy atom. The number of ketones is 1. The third-order valence-corrected chi connectivity index (χ3v) is 6.97. The normalized spacial score (nSPS) is 17.5. The maximum absolute atomic E-state index is 13.3. The summed E-state index contributed by atoms with van der Waals surface area (Å²) < 4.78 is 6.14. The summed E-state index contributed by atoms with van der Waals surface area (Å²) in [6.07, 6.45) is 0. The van der Waals surface area contributed by atoms with Crippen LogP contribution in [0.15, 0.2) is 72.3 Å². The van der Waals surface area contributed by atoms with Crippen LogP contribution in [0.2, 0.25) is 0 Å². The Morgan fingerprint density at radius 2 is 1.62 bits per heavy atom. The van der Waals surface area contributed by atoms with Crippen LogP contribution >= 0.6 is 11.3 Å². The lowest BCUT2D eigenvalue weighted by atomic mass is 9.94. The van der Waals surface area contributed by atoms with Gasteiger partial charge in [-0.05, 0) is 37.6 Å². The molecule has 3 aromatic carbocycles. The summed E-state index contributed by atoms with van der Waals surface area (Å²) in [4.78, 5) is 32.6. The number of ether oxygens (including phenoxy) is 1. The fourth-order valence-electron chi connectivity index (χ4n) is 4.08. The molecule has 1 saturated heterocycles. The Balaban J connectivity index is 1.71. The standard InChI is InChI=1S/C27H22N2O4S/c1-15-4-8-17(9-5-15)23-22(24(30)18-10-6-16(2)7-11-18)25(31)26(32)29(23)27-28-20-13-12-19(33-3)14-21(20)34-27/h4-14,23,30H,1-3H3/b24-22+. The van der Waals surface area contributed by atoms with Gasteiger partial charge in [-0.15, -0.1) is 0 Å². The molecule has 34 heavy (non-hydrogen) atoms. The number of carbonyl (C=O) groups excluding carboxylic acids is 2. The van der Waals surface area contributed by atoms with E-state index in [9.17, 15) is 14.7 Å². The molecule has 1 aromatic heterocycles. The summed E-state index contributed by atoms with van der Waals surface area (Å²) in [5, 5.41) is 11.6. The number of aromatic nitrogens is 1. The number of aliphatic hydroxyl groups is 1. The van der Waals surface area contributed by atoms with Gasteiger partial charge in [-0.3, -0.25) is 14.5 Å². The predicted octanol–water partition coefficient (Wildman–Crippen LogP) is 5.55. The van der Waals surface area contributed by atoms with Gasteiger partial charge in [-0.25, -0.2) is 4.98 Å². The van der Waals surface area contributed by atoms with E-state index in [2.05, 4.69) is 4.98 Å². The molecule has 1 aliphatic heterocycles. The second kappa shape index (κ2) is 8.43. The molecule has 0 spiro atoms. The molecule has 1 fully saturated rings. The maximum Gasteiger partial charge on any atom is 0.301 e. The number of thiazole rings is 1. The summed E-state index contributed by atoms with van der Waals surface area (Å²) >= 11 is 1.30. The Morgan fingerprint density at radius 3 is 2.26 bits per heavy atom. The second-order valence-electron chi connectivity index (χ2n) is 8.28. The number of anilines is 1. The number of carbonyl (C=O) groups is 2. The van der Waals surface area contributed by atoms with Crippen molar-refractivity contribution in [2.75, 3.05) is 12.0 Å². The fourth-order valence-corrected chi connectivity index (χ4v) is 5.10. The Kier molecular flexibility index (Phi) is 5.42. The smallest absolute Gasteiger partial charge is 0.301 e. The van der Waals surface area contributed by atoms with Gasteiger partial charge in [-0.1, -0.05) is 71.0 Å². The number of benzene rings is 3. The summed E-state index contributed by atoms with van der Waals surface area (Å²) in [7, 11) is 1.59. The molecule has 1 aliphatic rings. The Labute approximate surface area is 200 Å². The summed E-state index contributed by atoms with van der Waals surface area (Å²) in [5.41, 5.74) is 4.02. The number of methoxy groups -OCH3 is 1. The van der Waals surface area contributed by atoms with Crippen molar-refractivity contribution in [3.05, 3.63) is 94.6 Å². The molecule has 1 atom stereocenters. The quantitative estimate of drug-likeness (QED) is 0.240. The largest absolute Gasteiger partial charge is 0.507 e. The minimum Gasteiger partial charge on any atom is -0.507 e. The molecule has 0 saturated carbocycles. The van der Waals surface area contributed by atoms with Crippen LogP contribution in [-0.2, 0) is 9.59 Å². The number of aryl methyl sites for hydroxylation is 2. The van der Waals surface area contributed by atoms with Crippen molar-refractivity contribution in [1.82, 2.24) is 4.98 Å². The fraction of sp³-hybridized carbons (Fsp3) is 0.148. The zero-order chi connectivity index (χ0) is 24.0. The highest BCUT2D eigenvalue weighted by Gasteiger charge is 2.48. The average molecular weight is 471 g/mol. The van der Waals surface area contributed by atoms with Crippen LogP contribution < -0.4 is 9.64 Å². The van der Waals surface area contributed by atoms with Gasteiger partial charge in [0.15, 0.2) is 5.13 Å². The zero-order valence-corrected chi connectivity index (χ0v) is 19.7. The monoisotopic (exact) mass is 470 g/mol. The number of rotatable bonds is 4. The van der Waals surface area contributed by atoms with Crippen molar-refractivity contribution in [2.45, 2.75) is 19.9 Å². The number of hydrogen-bond donors (Lipinski definition) is 1. The topological polar surface area (TPSA) is 79.7 Å². The second-order valence-corrected chi connectivity index (χ2v) is 9.29. The van der Waals surface area contributed by atoms with Crippen LogP contribution in [0.3, 0.4) is 0 Å². The zero-order valence-electron chi connectivity index (χ0n) is 18.9. The van der Waals surface area contributed by atoms with Crippen LogP contribution in [0.5, 0.6) is 5.75 Å². The lowest BCUT2D eigenvalue weighted by Crippen LogP contribution is -2.29. The van der Waals surface area contributed by atoms with E-state index in [1.54, 1.807) is 25.3 Å². The van der Waals surface area contributed by atoms with E-state index in [0.717, 1.165) is 21.4 Å². The van der Waals surface area contributed by atoms with Gasteiger partial charge in [0.1, 0.15) is 11.5 Å². The van der Waals surface area contributed by atoms with Gasteiger partial charge in [0.25, 0.3) is 5.78 Å². The molecule has 0 aliphatic carbocycles. The molecule has 0 bridgehead atoms. The van der Waals surface area contributed by atoms with Gasteiger partial charge in [0.05, 0.1) is 28.9 Å². The molecule has 0 radical (unpaired) electrons. The van der Waals surface area contributed by atoms with Crippen LogP contribution in [0, 0.1) is 13.8 Å². The molecule has 5 rings (SSSR count). The SMILES string of the molecule is COc1ccc2nc(N3C(=O)C(=O)/C(=C(/O)c4ccc(C)cc4)C3c3ccc(C)cc3)sc2c1. The third kappa shape index (κ3) is 3.64. The molecule has 7 heteroatoms. The van der Waals surface area contributed by atoms with E-state index in [1.165, 1.54) is 16.2 Å². The predicted molar refractivity (Wildman–Crippen MR) is 133 cm³/mol. The minimum absolute atomic E-state index is 0.0505. The molecular formula is C27H22N2O4S. The number of Topliss-reactive ketones (excluding diaryl/α,β-unsaturated/α-hetero) is 1. The van der Waals surface area contributed by atoms with Gasteiger partial charge in [-0.2, -0.15) is 0 Å². The minimum atomic E-state index is -0.802. The molecule has 1 amide bonds.